The van der Waals surface area contributed by atoms with Crippen molar-refractivity contribution in [2.45, 2.75) is 186 Å². The van der Waals surface area contributed by atoms with Crippen molar-refractivity contribution < 1.29 is 71.7 Å². The topological polar surface area (TPSA) is 207 Å². The number of Topliss-reactive ketones (excluding diaryl/α,β-unsaturated/α-hetero) is 1. The second-order valence-corrected chi connectivity index (χ2v) is 16.8. The van der Waals surface area contributed by atoms with E-state index >= 15 is 0 Å². The van der Waals surface area contributed by atoms with Crippen molar-refractivity contribution >= 4 is 23.9 Å². The molecule has 4 fully saturated rings. The maximum absolute atomic E-state index is 14.4. The Morgan fingerprint density at radius 3 is 2.11 bits per heavy atom. The number of ketones is 1. The third-order valence-corrected chi connectivity index (χ3v) is 12.4. The number of carbonyl (C=O) groups is 4. The van der Waals surface area contributed by atoms with Gasteiger partial charge in [-0.2, -0.15) is 0 Å². The van der Waals surface area contributed by atoms with Crippen molar-refractivity contribution in [3.8, 4) is 0 Å². The number of methoxy groups -OCH3 is 2. The van der Waals surface area contributed by atoms with Gasteiger partial charge in [0.15, 0.2) is 30.4 Å². The van der Waals surface area contributed by atoms with Gasteiger partial charge in [-0.05, 0) is 60.8 Å². The van der Waals surface area contributed by atoms with Crippen LogP contribution in [0.4, 0.5) is 4.79 Å². The van der Waals surface area contributed by atoms with Gasteiger partial charge in [-0.1, -0.05) is 27.7 Å². The molecule has 0 unspecified atom stereocenters. The zero-order chi connectivity index (χ0) is 41.4. The number of hydrogen-bond donors (Lipinski definition) is 2. The van der Waals surface area contributed by atoms with E-state index in [1.54, 1.807) is 55.4 Å². The number of carbonyl (C=O) groups excluding carboxylic acids is 4. The molecule has 316 valence electrons. The van der Waals surface area contributed by atoms with Crippen LogP contribution in [0.2, 0.25) is 0 Å². The third-order valence-electron chi connectivity index (χ3n) is 12.4. The molecule has 0 bridgehead atoms. The summed E-state index contributed by atoms with van der Waals surface area (Å²) in [5, 5.41) is 11.0. The van der Waals surface area contributed by atoms with E-state index < -0.39 is 120 Å². The molecule has 4 rings (SSSR count). The summed E-state index contributed by atoms with van der Waals surface area (Å²) < 4.78 is 61.3. The smallest absolute Gasteiger partial charge is 0.458 e. The van der Waals surface area contributed by atoms with E-state index in [9.17, 15) is 24.3 Å². The molecule has 16 heteroatoms. The lowest BCUT2D eigenvalue weighted by Crippen LogP contribution is -2.61. The number of esters is 2. The van der Waals surface area contributed by atoms with Crippen molar-refractivity contribution in [3.05, 3.63) is 0 Å². The summed E-state index contributed by atoms with van der Waals surface area (Å²) in [5.41, 5.74) is 2.68. The number of fused-ring (bicyclic) bond motifs is 1. The van der Waals surface area contributed by atoms with Gasteiger partial charge in [0, 0.05) is 45.4 Å². The quantitative estimate of drug-likeness (QED) is 0.266. The Kier molecular flexibility index (Phi) is 14.5. The summed E-state index contributed by atoms with van der Waals surface area (Å²) in [6.07, 6.45) is -9.46. The van der Waals surface area contributed by atoms with E-state index in [-0.39, 0.29) is 31.1 Å². The average molecular weight is 788 g/mol. The highest BCUT2D eigenvalue weighted by Crippen LogP contribution is 2.44. The van der Waals surface area contributed by atoms with Gasteiger partial charge >= 0.3 is 18.1 Å². The van der Waals surface area contributed by atoms with Crippen LogP contribution in [-0.2, 0) is 61.8 Å². The van der Waals surface area contributed by atoms with E-state index in [0.29, 0.717) is 6.42 Å². The van der Waals surface area contributed by atoms with Crippen molar-refractivity contribution in [1.29, 1.82) is 0 Å². The van der Waals surface area contributed by atoms with E-state index in [0.717, 1.165) is 0 Å². The Morgan fingerprint density at radius 2 is 1.53 bits per heavy atom. The lowest BCUT2D eigenvalue weighted by Gasteiger charge is -2.49. The van der Waals surface area contributed by atoms with Crippen molar-refractivity contribution in [2.24, 2.45) is 29.4 Å². The Hall–Kier alpha value is -2.44. The Bertz CT molecular complexity index is 1380. The van der Waals surface area contributed by atoms with Crippen LogP contribution in [0.5, 0.6) is 0 Å². The molecular weight excluding hydrogens is 722 g/mol. The molecule has 16 nitrogen and oxygen atoms in total. The van der Waals surface area contributed by atoms with Gasteiger partial charge < -0.3 is 58.2 Å². The molecule has 18 atom stereocenters. The maximum Gasteiger partial charge on any atom is 0.509 e. The molecule has 4 aliphatic rings. The molecule has 3 N–H and O–H groups in total. The fourth-order valence-electron chi connectivity index (χ4n) is 9.07. The fourth-order valence-corrected chi connectivity index (χ4v) is 9.07. The molecule has 0 aromatic heterocycles. The summed E-state index contributed by atoms with van der Waals surface area (Å²) in [5.74, 6) is -4.84. The monoisotopic (exact) mass is 787 g/mol. The number of rotatable bonds is 8. The number of ether oxygens (including phenoxy) is 10. The van der Waals surface area contributed by atoms with Gasteiger partial charge in [-0.3, -0.25) is 14.4 Å². The highest BCUT2D eigenvalue weighted by Gasteiger charge is 2.59. The second kappa shape index (κ2) is 17.6. The van der Waals surface area contributed by atoms with Crippen LogP contribution in [-0.4, -0.2) is 127 Å². The van der Waals surface area contributed by atoms with Crippen molar-refractivity contribution in [1.82, 2.24) is 0 Å². The molecule has 0 saturated carbocycles. The minimum Gasteiger partial charge on any atom is -0.458 e. The van der Waals surface area contributed by atoms with E-state index in [1.807, 2.05) is 13.8 Å². The third kappa shape index (κ3) is 9.32. The molecule has 4 aliphatic heterocycles. The lowest BCUT2D eigenvalue weighted by atomic mass is 9.74. The van der Waals surface area contributed by atoms with Gasteiger partial charge in [0.1, 0.15) is 18.0 Å². The lowest BCUT2D eigenvalue weighted by molar-refractivity contribution is -0.317. The molecular formula is C39H65NO15. The molecule has 55 heavy (non-hydrogen) atoms. The molecule has 0 radical (unpaired) electrons. The van der Waals surface area contributed by atoms with Crippen LogP contribution in [0.1, 0.15) is 102 Å². The number of hydrogen-bond acceptors (Lipinski definition) is 16. The zero-order valence-corrected chi connectivity index (χ0v) is 34.7. The van der Waals surface area contributed by atoms with Crippen LogP contribution >= 0.6 is 0 Å². The molecule has 0 spiro atoms. The predicted molar refractivity (Wildman–Crippen MR) is 194 cm³/mol. The summed E-state index contributed by atoms with van der Waals surface area (Å²) in [6, 6.07) is -0.630. The average Bonchev–Trinajstić information content (AvgIpc) is 3.43. The number of cyclic esters (lactones) is 1. The van der Waals surface area contributed by atoms with Crippen LogP contribution in [0.25, 0.3) is 0 Å². The molecule has 4 saturated heterocycles. The Labute approximate surface area is 324 Å². The molecule has 4 heterocycles. The first kappa shape index (κ1) is 45.3. The van der Waals surface area contributed by atoms with Crippen molar-refractivity contribution in [3.63, 3.8) is 0 Å². The fraction of sp³-hybridized carbons (Fsp3) is 0.897. The van der Waals surface area contributed by atoms with Crippen LogP contribution in [0.3, 0.4) is 0 Å². The molecule has 0 amide bonds. The number of nitrogens with two attached hydrogens (primary N) is 1. The maximum atomic E-state index is 14.4. The first-order valence-corrected chi connectivity index (χ1v) is 19.5. The summed E-state index contributed by atoms with van der Waals surface area (Å²) in [7, 11) is 2.99. The largest absolute Gasteiger partial charge is 0.509 e. The number of aliphatic hydroxyl groups is 1. The molecule has 0 aromatic carbocycles. The van der Waals surface area contributed by atoms with Gasteiger partial charge in [0.25, 0.3) is 0 Å². The van der Waals surface area contributed by atoms with E-state index in [2.05, 4.69) is 0 Å². The van der Waals surface area contributed by atoms with Gasteiger partial charge in [0.2, 0.25) is 0 Å². The van der Waals surface area contributed by atoms with Gasteiger partial charge in [-0.25, -0.2) is 4.79 Å². The standard InChI is InChI=1S/C39H65NO15/c1-14-26-39(11)33(54-36(45)55-39)20(4)28(42)18(2)16-38(10,47-13)32(53-35-30(50-24(8)41)25(40)15-19(3)48-35)21(5)29(22(6)34(44)51-26)52-27-17-37(9,46-12)31(43)23(7)49-27/h18-23,25-27,29-33,35,43H,14-17,40H2,1-13H3/t18-,19-,20+,21+,22-,23+,25+,26-,27+,29+,30-,31+,32-,33-,35+,37-,38+,39-/m1/s1. The highest BCUT2D eigenvalue weighted by molar-refractivity contribution is 5.84. The first-order chi connectivity index (χ1) is 25.5. The number of aliphatic hydroxyl groups excluding tert-OH is 1. The SMILES string of the molecule is CC[C@H]1OC(=O)[C@H](C)[C@@H](O[C@H]2C[C@@](C)(OC)[C@@H](O)[C@H](C)O2)[C@H](C)[C@@H](O[C@@H]2O[C@H](C)C[C@H](N)[C@H]2OC(C)=O)[C@@](C)(OC)C[C@@H](C)C(=O)[C@H](C)[C@H]2OC(=O)O[C@@]21C. The van der Waals surface area contributed by atoms with Crippen molar-refractivity contribution in [2.75, 3.05) is 14.2 Å². The highest BCUT2D eigenvalue weighted by atomic mass is 16.8. The first-order valence-electron chi connectivity index (χ1n) is 19.5. The summed E-state index contributed by atoms with van der Waals surface area (Å²) >= 11 is 0. The molecule has 0 aromatic rings. The normalized spacial score (nSPS) is 47.5. The summed E-state index contributed by atoms with van der Waals surface area (Å²) in [4.78, 5) is 53.7. The van der Waals surface area contributed by atoms with Crippen LogP contribution in [0.15, 0.2) is 0 Å². The van der Waals surface area contributed by atoms with Crippen LogP contribution < -0.4 is 5.73 Å². The van der Waals surface area contributed by atoms with E-state index in [4.69, 9.17) is 53.1 Å². The van der Waals surface area contributed by atoms with Crippen LogP contribution in [0, 0.1) is 23.7 Å². The van der Waals surface area contributed by atoms with Gasteiger partial charge in [0.05, 0.1) is 47.5 Å². The molecule has 0 aliphatic carbocycles. The second-order valence-electron chi connectivity index (χ2n) is 16.8. The minimum absolute atomic E-state index is 0.0974. The Balaban J connectivity index is 1.89. The predicted octanol–water partition coefficient (Wildman–Crippen LogP) is 3.59. The Morgan fingerprint density at radius 1 is 0.891 bits per heavy atom. The van der Waals surface area contributed by atoms with E-state index in [1.165, 1.54) is 21.1 Å². The zero-order valence-electron chi connectivity index (χ0n) is 34.7. The minimum atomic E-state index is -1.49. The summed E-state index contributed by atoms with van der Waals surface area (Å²) in [6.45, 7) is 18.6. The van der Waals surface area contributed by atoms with Gasteiger partial charge in [-0.15, -0.1) is 0 Å².